The predicted octanol–water partition coefficient (Wildman–Crippen LogP) is 6.40. The average Bonchev–Trinajstić information content (AvgIpc) is 3.49. The molecule has 0 saturated carbocycles. The van der Waals surface area contributed by atoms with Gasteiger partial charge in [-0.25, -0.2) is 24.4 Å². The molecule has 2 amide bonds. The van der Waals surface area contributed by atoms with Crippen LogP contribution in [0.15, 0.2) is 92.2 Å². The van der Waals surface area contributed by atoms with Crippen molar-refractivity contribution in [2.45, 2.75) is 6.18 Å². The lowest BCUT2D eigenvalue weighted by Gasteiger charge is -2.15. The van der Waals surface area contributed by atoms with Crippen LogP contribution in [0.4, 0.5) is 35.2 Å². The number of alkyl halides is 3. The van der Waals surface area contributed by atoms with Crippen molar-refractivity contribution in [3.05, 3.63) is 103 Å². The first-order valence-corrected chi connectivity index (χ1v) is 12.0. The number of pyridine rings is 1. The van der Waals surface area contributed by atoms with E-state index in [2.05, 4.69) is 37.3 Å². The number of amides is 2. The number of nitrogen functional groups attached to an aromatic ring is 1. The molecule has 2 aromatic carbocycles. The first-order chi connectivity index (χ1) is 19.7. The molecule has 0 atom stereocenters. The van der Waals surface area contributed by atoms with Gasteiger partial charge in [-0.1, -0.05) is 24.8 Å². The first kappa shape index (κ1) is 26.9. The van der Waals surface area contributed by atoms with Crippen molar-refractivity contribution in [3.8, 4) is 28.6 Å². The molecule has 0 aliphatic heterocycles. The van der Waals surface area contributed by atoms with Crippen LogP contribution in [0, 0.1) is 0 Å². The minimum absolute atomic E-state index is 0.0299. The third kappa shape index (κ3) is 6.30. The first-order valence-electron chi connectivity index (χ1n) is 12.0. The van der Waals surface area contributed by atoms with Crippen molar-refractivity contribution in [2.75, 3.05) is 16.4 Å². The maximum absolute atomic E-state index is 13.2. The summed E-state index contributed by atoms with van der Waals surface area (Å²) in [4.78, 5) is 25.0. The Balaban J connectivity index is 1.24. The highest BCUT2D eigenvalue weighted by atomic mass is 19.4. The highest BCUT2D eigenvalue weighted by molar-refractivity contribution is 6.00. The molecule has 13 heteroatoms. The molecule has 5 rings (SSSR count). The monoisotopic (exact) mass is 558 g/mol. The summed E-state index contributed by atoms with van der Waals surface area (Å²) in [6.07, 6.45) is 4.28. The number of nitrogens with one attached hydrogen (secondary N) is 2. The molecule has 5 aromatic rings. The van der Waals surface area contributed by atoms with Gasteiger partial charge in [0.15, 0.2) is 0 Å². The summed E-state index contributed by atoms with van der Waals surface area (Å²) < 4.78 is 46.6. The summed E-state index contributed by atoms with van der Waals surface area (Å²) in [5.74, 6) is 0.850. The number of aromatic nitrogens is 5. The molecule has 0 unspecified atom stereocenters. The molecule has 0 aliphatic rings. The number of anilines is 3. The van der Waals surface area contributed by atoms with Crippen LogP contribution in [-0.4, -0.2) is 30.8 Å². The van der Waals surface area contributed by atoms with Crippen molar-refractivity contribution < 1.29 is 22.7 Å². The molecule has 0 aliphatic carbocycles. The normalized spacial score (nSPS) is 11.1. The Morgan fingerprint density at radius 1 is 1.00 bits per heavy atom. The minimum atomic E-state index is -4.56. The molecule has 3 heterocycles. The Morgan fingerprint density at radius 3 is 2.41 bits per heavy atom. The molecule has 3 aromatic heterocycles. The van der Waals surface area contributed by atoms with E-state index in [0.717, 1.165) is 34.9 Å². The number of nitrogens with two attached hydrogens (primary N) is 1. The molecule has 4 N–H and O–H groups in total. The van der Waals surface area contributed by atoms with Gasteiger partial charge >= 0.3 is 18.2 Å². The summed E-state index contributed by atoms with van der Waals surface area (Å²) in [5, 5.41) is 9.03. The summed E-state index contributed by atoms with van der Waals surface area (Å²) in [6, 6.07) is 12.7. The van der Waals surface area contributed by atoms with E-state index in [1.54, 1.807) is 30.5 Å². The van der Waals surface area contributed by atoms with Gasteiger partial charge < -0.3 is 21.1 Å². The highest BCUT2D eigenvalue weighted by Crippen LogP contribution is 2.33. The van der Waals surface area contributed by atoms with Gasteiger partial charge in [0.05, 0.1) is 35.0 Å². The summed E-state index contributed by atoms with van der Waals surface area (Å²) >= 11 is 0. The maximum Gasteiger partial charge on any atom is 0.416 e. The molecule has 10 nitrogen and oxygen atoms in total. The summed E-state index contributed by atoms with van der Waals surface area (Å²) in [7, 11) is 0. The second kappa shape index (κ2) is 11.2. The lowest BCUT2D eigenvalue weighted by atomic mass is 10.0. The van der Waals surface area contributed by atoms with Gasteiger partial charge in [-0.3, -0.25) is 0 Å². The number of rotatable bonds is 7. The van der Waals surface area contributed by atoms with Crippen molar-refractivity contribution in [1.82, 2.24) is 24.7 Å². The average molecular weight is 559 g/mol. The van der Waals surface area contributed by atoms with E-state index >= 15 is 0 Å². The zero-order valence-corrected chi connectivity index (χ0v) is 21.1. The van der Waals surface area contributed by atoms with Gasteiger partial charge in [0.1, 0.15) is 11.6 Å². The van der Waals surface area contributed by atoms with Gasteiger partial charge in [-0.15, -0.1) is 0 Å². The molecular weight excluding hydrogens is 537 g/mol. The lowest BCUT2D eigenvalue weighted by molar-refractivity contribution is -0.137. The zero-order valence-electron chi connectivity index (χ0n) is 21.1. The van der Waals surface area contributed by atoms with Crippen molar-refractivity contribution >= 4 is 29.3 Å². The molecule has 206 valence electrons. The maximum atomic E-state index is 13.2. The minimum Gasteiger partial charge on any atom is -0.424 e. The quantitative estimate of drug-likeness (QED) is 0.210. The van der Waals surface area contributed by atoms with Gasteiger partial charge in [0.2, 0.25) is 0 Å². The largest absolute Gasteiger partial charge is 0.424 e. The van der Waals surface area contributed by atoms with Crippen LogP contribution < -0.4 is 21.1 Å². The molecule has 41 heavy (non-hydrogen) atoms. The molecule has 0 radical (unpaired) electrons. The van der Waals surface area contributed by atoms with Crippen LogP contribution in [-0.2, 0) is 6.18 Å². The van der Waals surface area contributed by atoms with Crippen LogP contribution in [0.2, 0.25) is 0 Å². The molecule has 0 spiro atoms. The molecular formula is C28H21F3N8O2. The fourth-order valence-corrected chi connectivity index (χ4v) is 3.77. The predicted molar refractivity (Wildman–Crippen MR) is 147 cm³/mol. The van der Waals surface area contributed by atoms with Gasteiger partial charge in [-0.2, -0.15) is 18.3 Å². The number of benzene rings is 2. The zero-order chi connectivity index (χ0) is 29.0. The third-order valence-corrected chi connectivity index (χ3v) is 5.76. The Bertz CT molecular complexity index is 1690. The van der Waals surface area contributed by atoms with Crippen LogP contribution in [0.3, 0.4) is 0 Å². The van der Waals surface area contributed by atoms with E-state index in [1.807, 2.05) is 18.2 Å². The topological polar surface area (TPSA) is 133 Å². The van der Waals surface area contributed by atoms with Crippen LogP contribution in [0.25, 0.3) is 22.9 Å². The van der Waals surface area contributed by atoms with E-state index < -0.39 is 17.8 Å². The number of ether oxygens (including phenoxy) is 1. The van der Waals surface area contributed by atoms with E-state index in [0.29, 0.717) is 11.6 Å². The number of halogens is 3. The van der Waals surface area contributed by atoms with Gasteiger partial charge in [-0.05, 0) is 53.6 Å². The Kier molecular flexibility index (Phi) is 7.33. The second-order valence-electron chi connectivity index (χ2n) is 8.55. The second-order valence-corrected chi connectivity index (χ2v) is 8.55. The van der Waals surface area contributed by atoms with Crippen molar-refractivity contribution in [2.24, 2.45) is 0 Å². The molecule has 0 bridgehead atoms. The summed E-state index contributed by atoms with van der Waals surface area (Å²) in [6.45, 7) is 3.74. The number of hydrogen-bond donors (Lipinski definition) is 3. The number of nitrogens with zero attached hydrogens (tertiary/aromatic N) is 5. The standard InChI is InChI=1S/C28H21F3N8O2/c1-2-17-12-22(25(32)33-14-17)18-4-7-21(8-5-18)41-27-34-15-20(16-35-27)37-26(40)38-23-9-6-19(28(29,30)31)13-24(23)39-11-3-10-36-39/h2-16H,1H2,(H2,32,33)(H2,37,38,40). The smallest absolute Gasteiger partial charge is 0.416 e. The summed E-state index contributed by atoms with van der Waals surface area (Å²) in [5.41, 5.74) is 7.93. The van der Waals surface area contributed by atoms with E-state index in [9.17, 15) is 18.0 Å². The van der Waals surface area contributed by atoms with Crippen LogP contribution in [0.1, 0.15) is 11.1 Å². The highest BCUT2D eigenvalue weighted by Gasteiger charge is 2.31. The van der Waals surface area contributed by atoms with E-state index in [4.69, 9.17) is 10.5 Å². The SMILES string of the molecule is C=Cc1cnc(N)c(-c2ccc(Oc3ncc(NC(=O)Nc4ccc(C(F)(F)F)cc4-n4cccn4)cn3)cc2)c1. The van der Waals surface area contributed by atoms with Gasteiger partial charge in [0, 0.05) is 24.2 Å². The Labute approximate surface area is 231 Å². The number of urea groups is 1. The van der Waals surface area contributed by atoms with Crippen LogP contribution >= 0.6 is 0 Å². The fraction of sp³-hybridized carbons (Fsp3) is 0.0357. The number of carbonyl (C=O) groups is 1. The lowest BCUT2D eigenvalue weighted by Crippen LogP contribution is -2.21. The van der Waals surface area contributed by atoms with E-state index in [1.165, 1.54) is 29.5 Å². The number of carbonyl (C=O) groups excluding carboxylic acids is 1. The molecule has 0 saturated heterocycles. The van der Waals surface area contributed by atoms with Gasteiger partial charge in [0.25, 0.3) is 0 Å². The van der Waals surface area contributed by atoms with Crippen molar-refractivity contribution in [3.63, 3.8) is 0 Å². The van der Waals surface area contributed by atoms with Crippen LogP contribution in [0.5, 0.6) is 11.8 Å². The van der Waals surface area contributed by atoms with E-state index in [-0.39, 0.29) is 23.1 Å². The molecule has 0 fully saturated rings. The third-order valence-electron chi connectivity index (χ3n) is 5.76. The fourth-order valence-electron chi connectivity index (χ4n) is 3.77. The Morgan fingerprint density at radius 2 is 1.76 bits per heavy atom. The number of hydrogen-bond acceptors (Lipinski definition) is 7. The van der Waals surface area contributed by atoms with Crippen molar-refractivity contribution in [1.29, 1.82) is 0 Å². The Hall–Kier alpha value is -5.72.